The molecule has 0 bridgehead atoms. The first-order valence-corrected chi connectivity index (χ1v) is 11.9. The van der Waals surface area contributed by atoms with Gasteiger partial charge in [0.2, 0.25) is 0 Å². The van der Waals surface area contributed by atoms with Crippen LogP contribution in [0.1, 0.15) is 34.6 Å². The Hall–Kier alpha value is -1.04. The Kier molecular flexibility index (Phi) is 6.11. The molecule has 0 aliphatic carbocycles. The molecule has 2 rings (SSSR count). The fourth-order valence-electron chi connectivity index (χ4n) is 2.79. The van der Waals surface area contributed by atoms with Crippen LogP contribution in [0, 0.1) is 0 Å². The highest BCUT2D eigenvalue weighted by atomic mass is 28.4. The standard InChI is InChI=1S/C17H31NO8Si/c1-16(2,3)27(6,7)26-13(14(22)18-8-9(19)20)11-10(21)12-15(23-11)25-17(4,5)24-12/h10-13,15,21H,8H2,1-7H3,(H,18,22)(H,19,20)/t10-,11-,12+,13+,15+/m0/s1. The lowest BCUT2D eigenvalue weighted by Crippen LogP contribution is -2.56. The van der Waals surface area contributed by atoms with E-state index >= 15 is 0 Å². The zero-order valence-corrected chi connectivity index (χ0v) is 17.9. The fourth-order valence-corrected chi connectivity index (χ4v) is 4.02. The van der Waals surface area contributed by atoms with Gasteiger partial charge in [0.05, 0.1) is 0 Å². The molecule has 10 heteroatoms. The fraction of sp³-hybridized carbons (Fsp3) is 0.882. The Balaban J connectivity index is 2.22. The largest absolute Gasteiger partial charge is 0.480 e. The van der Waals surface area contributed by atoms with Crippen LogP contribution >= 0.6 is 0 Å². The summed E-state index contributed by atoms with van der Waals surface area (Å²) in [5.74, 6) is -2.72. The van der Waals surface area contributed by atoms with Crippen LogP contribution in [0.15, 0.2) is 0 Å². The van der Waals surface area contributed by atoms with Crippen molar-refractivity contribution in [3.63, 3.8) is 0 Å². The normalized spacial score (nSPS) is 31.4. The SMILES string of the molecule is CC1(C)O[C@H]2O[C@H]([C@@H](O[Si](C)(C)C(C)(C)C)C(=O)NCC(=O)O)[C@H](O)[C@H]2O1. The van der Waals surface area contributed by atoms with Gasteiger partial charge in [-0.25, -0.2) is 0 Å². The maximum Gasteiger partial charge on any atom is 0.322 e. The molecular formula is C17H31NO8Si. The van der Waals surface area contributed by atoms with Crippen molar-refractivity contribution in [1.82, 2.24) is 5.32 Å². The maximum atomic E-state index is 12.7. The van der Waals surface area contributed by atoms with Crippen molar-refractivity contribution in [2.24, 2.45) is 0 Å². The number of aliphatic hydroxyl groups excluding tert-OH is 1. The number of carbonyl (C=O) groups excluding carboxylic acids is 1. The van der Waals surface area contributed by atoms with Crippen LogP contribution in [-0.4, -0.2) is 73.4 Å². The van der Waals surface area contributed by atoms with E-state index in [2.05, 4.69) is 5.32 Å². The van der Waals surface area contributed by atoms with Crippen molar-refractivity contribution in [2.45, 2.75) is 89.2 Å². The van der Waals surface area contributed by atoms with Gasteiger partial charge in [-0.15, -0.1) is 0 Å². The Bertz CT molecular complexity index is 588. The highest BCUT2D eigenvalue weighted by molar-refractivity contribution is 6.74. The second-order valence-electron chi connectivity index (χ2n) is 8.97. The number of ether oxygens (including phenoxy) is 3. The maximum absolute atomic E-state index is 12.7. The van der Waals surface area contributed by atoms with Crippen LogP contribution in [-0.2, 0) is 28.2 Å². The number of aliphatic hydroxyl groups is 1. The van der Waals surface area contributed by atoms with Crippen molar-refractivity contribution in [3.8, 4) is 0 Å². The molecule has 0 aromatic heterocycles. The van der Waals surface area contributed by atoms with E-state index in [1.807, 2.05) is 33.9 Å². The second-order valence-corrected chi connectivity index (χ2v) is 13.7. The summed E-state index contributed by atoms with van der Waals surface area (Å²) in [5.41, 5.74) is 0. The molecule has 0 spiro atoms. The monoisotopic (exact) mass is 405 g/mol. The van der Waals surface area contributed by atoms with Crippen LogP contribution in [0.5, 0.6) is 0 Å². The lowest BCUT2D eigenvalue weighted by atomic mass is 10.1. The molecular weight excluding hydrogens is 374 g/mol. The summed E-state index contributed by atoms with van der Waals surface area (Å²) >= 11 is 0. The first-order chi connectivity index (χ1) is 12.1. The number of nitrogens with one attached hydrogen (secondary N) is 1. The van der Waals surface area contributed by atoms with Crippen LogP contribution < -0.4 is 5.32 Å². The molecule has 2 aliphatic heterocycles. The molecule has 9 nitrogen and oxygen atoms in total. The number of rotatable bonds is 6. The highest BCUT2D eigenvalue weighted by Gasteiger charge is 2.58. The number of fused-ring (bicyclic) bond motifs is 1. The summed E-state index contributed by atoms with van der Waals surface area (Å²) in [6.45, 7) is 12.8. The Labute approximate surface area is 160 Å². The van der Waals surface area contributed by atoms with E-state index in [1.54, 1.807) is 13.8 Å². The van der Waals surface area contributed by atoms with Crippen molar-refractivity contribution in [2.75, 3.05) is 6.54 Å². The molecule has 0 saturated carbocycles. The van der Waals surface area contributed by atoms with Crippen molar-refractivity contribution >= 4 is 20.2 Å². The molecule has 0 aromatic rings. The molecule has 156 valence electrons. The van der Waals surface area contributed by atoms with Gasteiger partial charge in [-0.3, -0.25) is 9.59 Å². The Morgan fingerprint density at radius 1 is 1.26 bits per heavy atom. The number of carboxylic acid groups (broad SMARTS) is 1. The zero-order chi connectivity index (χ0) is 20.8. The van der Waals surface area contributed by atoms with Crippen LogP contribution in [0.25, 0.3) is 0 Å². The highest BCUT2D eigenvalue weighted by Crippen LogP contribution is 2.42. The van der Waals surface area contributed by atoms with E-state index in [1.165, 1.54) is 0 Å². The molecule has 1 amide bonds. The summed E-state index contributed by atoms with van der Waals surface area (Å²) in [5, 5.41) is 21.7. The lowest BCUT2D eigenvalue weighted by molar-refractivity contribution is -0.224. The minimum Gasteiger partial charge on any atom is -0.480 e. The Morgan fingerprint density at radius 3 is 2.33 bits per heavy atom. The molecule has 2 aliphatic rings. The predicted molar refractivity (Wildman–Crippen MR) is 97.4 cm³/mol. The molecule has 27 heavy (non-hydrogen) atoms. The van der Waals surface area contributed by atoms with Crippen LogP contribution in [0.2, 0.25) is 18.1 Å². The molecule has 0 unspecified atom stereocenters. The average Bonchev–Trinajstić information content (AvgIpc) is 2.94. The predicted octanol–water partition coefficient (Wildman–Crippen LogP) is 0.815. The molecule has 3 N–H and O–H groups in total. The summed E-state index contributed by atoms with van der Waals surface area (Å²) < 4.78 is 23.3. The number of aliphatic carboxylic acids is 1. The first-order valence-electron chi connectivity index (χ1n) is 9.01. The van der Waals surface area contributed by atoms with Gasteiger partial charge in [0.1, 0.15) is 24.9 Å². The number of amides is 1. The van der Waals surface area contributed by atoms with Crippen LogP contribution in [0.3, 0.4) is 0 Å². The third kappa shape index (κ3) is 4.87. The quantitative estimate of drug-likeness (QED) is 0.555. The van der Waals surface area contributed by atoms with E-state index in [4.69, 9.17) is 23.7 Å². The second kappa shape index (κ2) is 7.41. The Morgan fingerprint density at radius 2 is 1.85 bits per heavy atom. The van der Waals surface area contributed by atoms with Gasteiger partial charge in [0.25, 0.3) is 5.91 Å². The van der Waals surface area contributed by atoms with Crippen LogP contribution in [0.4, 0.5) is 0 Å². The van der Waals surface area contributed by atoms with Gasteiger partial charge >= 0.3 is 5.97 Å². The van der Waals surface area contributed by atoms with Crippen molar-refractivity contribution in [1.29, 1.82) is 0 Å². The van der Waals surface area contributed by atoms with E-state index in [0.717, 1.165) is 0 Å². The molecule has 0 aromatic carbocycles. The number of carbonyl (C=O) groups is 2. The van der Waals surface area contributed by atoms with Gasteiger partial charge < -0.3 is 34.2 Å². The van der Waals surface area contributed by atoms with E-state index in [9.17, 15) is 14.7 Å². The van der Waals surface area contributed by atoms with Gasteiger partial charge in [0, 0.05) is 0 Å². The molecule has 2 fully saturated rings. The smallest absolute Gasteiger partial charge is 0.322 e. The number of hydrogen-bond acceptors (Lipinski definition) is 7. The number of carboxylic acids is 1. The number of hydrogen-bond donors (Lipinski definition) is 3. The molecule has 0 radical (unpaired) electrons. The van der Waals surface area contributed by atoms with Gasteiger partial charge in [-0.1, -0.05) is 20.8 Å². The summed E-state index contributed by atoms with van der Waals surface area (Å²) in [6, 6.07) is 0. The molecule has 2 heterocycles. The minimum absolute atomic E-state index is 0.202. The molecule has 2 saturated heterocycles. The van der Waals surface area contributed by atoms with Gasteiger partial charge in [-0.2, -0.15) is 0 Å². The lowest BCUT2D eigenvalue weighted by Gasteiger charge is -2.40. The third-order valence-corrected chi connectivity index (χ3v) is 9.71. The zero-order valence-electron chi connectivity index (χ0n) is 16.9. The first kappa shape index (κ1) is 22.2. The average molecular weight is 406 g/mol. The molecule has 5 atom stereocenters. The summed E-state index contributed by atoms with van der Waals surface area (Å²) in [4.78, 5) is 23.5. The van der Waals surface area contributed by atoms with E-state index in [0.29, 0.717) is 0 Å². The topological polar surface area (TPSA) is 124 Å². The van der Waals surface area contributed by atoms with Gasteiger partial charge in [-0.05, 0) is 32.0 Å². The van der Waals surface area contributed by atoms with E-state index < -0.39 is 63.2 Å². The van der Waals surface area contributed by atoms with Crippen molar-refractivity contribution < 1.29 is 38.4 Å². The third-order valence-electron chi connectivity index (χ3n) is 5.25. The minimum atomic E-state index is -2.43. The van der Waals surface area contributed by atoms with Gasteiger partial charge in [0.15, 0.2) is 26.5 Å². The summed E-state index contributed by atoms with van der Waals surface area (Å²) in [6.07, 6.45) is -4.93. The van der Waals surface area contributed by atoms with Crippen molar-refractivity contribution in [3.05, 3.63) is 0 Å². The summed E-state index contributed by atoms with van der Waals surface area (Å²) in [7, 11) is -2.43. The van der Waals surface area contributed by atoms with E-state index in [-0.39, 0.29) is 5.04 Å².